The Balaban J connectivity index is 1.83. The number of thiazole rings is 1. The van der Waals surface area contributed by atoms with Crippen molar-refractivity contribution in [2.24, 2.45) is 0 Å². The van der Waals surface area contributed by atoms with Crippen molar-refractivity contribution in [1.82, 2.24) is 15.3 Å². The van der Waals surface area contributed by atoms with Gasteiger partial charge in [0.25, 0.3) is 5.91 Å². The van der Waals surface area contributed by atoms with Gasteiger partial charge in [0.1, 0.15) is 10.7 Å². The average molecular weight is 385 g/mol. The minimum atomic E-state index is -1.03. The van der Waals surface area contributed by atoms with E-state index in [1.807, 2.05) is 19.1 Å². The number of aromatic nitrogens is 2. The van der Waals surface area contributed by atoms with Crippen molar-refractivity contribution >= 4 is 23.2 Å². The molecule has 0 aliphatic heterocycles. The van der Waals surface area contributed by atoms with E-state index < -0.39 is 23.7 Å². The standard InChI is InChI=1S/C19H16FN3O3S/c1-11-4-2-3-5-12(11)15(8-17(24)25)22-18(26)16-10-27-19(23-16)13-6-7-21-9-14(13)20/h2-7,9-10,15H,8H2,1H3,(H,22,26)(H,24,25)/t15-/m0/s1. The van der Waals surface area contributed by atoms with Gasteiger partial charge in [-0.05, 0) is 24.1 Å². The smallest absolute Gasteiger partial charge is 0.305 e. The molecular weight excluding hydrogens is 369 g/mol. The van der Waals surface area contributed by atoms with Gasteiger partial charge >= 0.3 is 5.97 Å². The highest BCUT2D eigenvalue weighted by Gasteiger charge is 2.22. The van der Waals surface area contributed by atoms with Gasteiger partial charge in [0.05, 0.1) is 18.7 Å². The number of nitrogens with one attached hydrogen (secondary N) is 1. The molecule has 2 heterocycles. The third kappa shape index (κ3) is 4.35. The van der Waals surface area contributed by atoms with Crippen LogP contribution in [0, 0.1) is 12.7 Å². The number of hydrogen-bond acceptors (Lipinski definition) is 5. The minimum Gasteiger partial charge on any atom is -0.481 e. The lowest BCUT2D eigenvalue weighted by atomic mass is 9.98. The molecule has 0 radical (unpaired) electrons. The predicted molar refractivity (Wildman–Crippen MR) is 98.9 cm³/mol. The molecule has 0 unspecified atom stereocenters. The molecule has 0 aliphatic rings. The first-order valence-electron chi connectivity index (χ1n) is 8.09. The molecule has 0 aliphatic carbocycles. The number of nitrogens with zero attached hydrogens (tertiary/aromatic N) is 2. The van der Waals surface area contributed by atoms with Crippen LogP contribution in [0.3, 0.4) is 0 Å². The van der Waals surface area contributed by atoms with Gasteiger partial charge in [0.2, 0.25) is 0 Å². The Morgan fingerprint density at radius 3 is 2.78 bits per heavy atom. The molecule has 1 atom stereocenters. The lowest BCUT2D eigenvalue weighted by Crippen LogP contribution is -2.30. The predicted octanol–water partition coefficient (Wildman–Crippen LogP) is 3.60. The first-order valence-corrected chi connectivity index (χ1v) is 8.97. The van der Waals surface area contributed by atoms with Crippen LogP contribution >= 0.6 is 11.3 Å². The van der Waals surface area contributed by atoms with Gasteiger partial charge in [-0.1, -0.05) is 24.3 Å². The first kappa shape index (κ1) is 18.7. The van der Waals surface area contributed by atoms with Gasteiger partial charge in [-0.2, -0.15) is 0 Å². The molecule has 0 saturated heterocycles. The van der Waals surface area contributed by atoms with Crippen LogP contribution < -0.4 is 5.32 Å². The summed E-state index contributed by atoms with van der Waals surface area (Å²) >= 11 is 1.13. The molecule has 138 valence electrons. The lowest BCUT2D eigenvalue weighted by Gasteiger charge is -2.18. The van der Waals surface area contributed by atoms with Crippen molar-refractivity contribution in [2.45, 2.75) is 19.4 Å². The second kappa shape index (κ2) is 8.05. The topological polar surface area (TPSA) is 92.2 Å². The lowest BCUT2D eigenvalue weighted by molar-refractivity contribution is -0.137. The fourth-order valence-electron chi connectivity index (χ4n) is 2.67. The number of aryl methyl sites for hydroxylation is 1. The fourth-order valence-corrected chi connectivity index (χ4v) is 3.50. The highest BCUT2D eigenvalue weighted by Crippen LogP contribution is 2.26. The maximum atomic E-state index is 13.8. The number of pyridine rings is 1. The van der Waals surface area contributed by atoms with Crippen LogP contribution in [0.2, 0.25) is 0 Å². The molecule has 8 heteroatoms. The summed E-state index contributed by atoms with van der Waals surface area (Å²) in [5.41, 5.74) is 1.97. The molecule has 0 bridgehead atoms. The van der Waals surface area contributed by atoms with Crippen molar-refractivity contribution in [2.75, 3.05) is 0 Å². The van der Waals surface area contributed by atoms with Crippen LogP contribution in [-0.2, 0) is 4.79 Å². The van der Waals surface area contributed by atoms with Crippen molar-refractivity contribution in [3.05, 3.63) is 70.7 Å². The largest absolute Gasteiger partial charge is 0.481 e. The van der Waals surface area contributed by atoms with E-state index >= 15 is 0 Å². The van der Waals surface area contributed by atoms with Crippen molar-refractivity contribution < 1.29 is 19.1 Å². The van der Waals surface area contributed by atoms with Crippen LogP contribution in [0.5, 0.6) is 0 Å². The Bertz CT molecular complexity index is 990. The van der Waals surface area contributed by atoms with E-state index in [-0.39, 0.29) is 17.7 Å². The summed E-state index contributed by atoms with van der Waals surface area (Å²) in [5, 5.41) is 13.8. The van der Waals surface area contributed by atoms with Gasteiger partial charge in [0.15, 0.2) is 5.82 Å². The summed E-state index contributed by atoms with van der Waals surface area (Å²) < 4.78 is 13.8. The maximum absolute atomic E-state index is 13.8. The fraction of sp³-hybridized carbons (Fsp3) is 0.158. The summed E-state index contributed by atoms with van der Waals surface area (Å²) in [6.07, 6.45) is 2.27. The van der Waals surface area contributed by atoms with E-state index in [0.29, 0.717) is 5.01 Å². The van der Waals surface area contributed by atoms with Crippen LogP contribution in [0.1, 0.15) is 34.1 Å². The highest BCUT2D eigenvalue weighted by molar-refractivity contribution is 7.13. The van der Waals surface area contributed by atoms with Gasteiger partial charge in [0, 0.05) is 17.1 Å². The minimum absolute atomic E-state index is 0.107. The number of carbonyl (C=O) groups is 2. The molecule has 0 saturated carbocycles. The van der Waals surface area contributed by atoms with Gasteiger partial charge < -0.3 is 10.4 Å². The highest BCUT2D eigenvalue weighted by atomic mass is 32.1. The summed E-state index contributed by atoms with van der Waals surface area (Å²) in [6, 6.07) is 8.05. The molecule has 6 nitrogen and oxygen atoms in total. The van der Waals surface area contributed by atoms with Gasteiger partial charge in [-0.25, -0.2) is 9.37 Å². The Hall–Kier alpha value is -3.13. The van der Waals surface area contributed by atoms with Crippen LogP contribution in [0.4, 0.5) is 4.39 Å². The summed E-state index contributed by atoms with van der Waals surface area (Å²) in [6.45, 7) is 1.85. The molecule has 3 rings (SSSR count). The Labute approximate surface area is 158 Å². The van der Waals surface area contributed by atoms with Crippen LogP contribution in [0.25, 0.3) is 10.6 Å². The maximum Gasteiger partial charge on any atom is 0.305 e. The van der Waals surface area contributed by atoms with E-state index in [9.17, 15) is 19.1 Å². The average Bonchev–Trinajstić information content (AvgIpc) is 3.11. The first-order chi connectivity index (χ1) is 13.0. The molecule has 1 aromatic carbocycles. The molecule has 2 aromatic heterocycles. The van der Waals surface area contributed by atoms with Crippen LogP contribution in [-0.4, -0.2) is 27.0 Å². The molecule has 0 fully saturated rings. The number of carboxylic acids is 1. The van der Waals surface area contributed by atoms with Crippen molar-refractivity contribution in [1.29, 1.82) is 0 Å². The number of rotatable bonds is 6. The number of aliphatic carboxylic acids is 1. The molecule has 2 N–H and O–H groups in total. The summed E-state index contributed by atoms with van der Waals surface area (Å²) in [4.78, 5) is 31.7. The zero-order valence-electron chi connectivity index (χ0n) is 14.3. The SMILES string of the molecule is Cc1ccccc1[C@H](CC(=O)O)NC(=O)c1csc(-c2ccncc2F)n1. The number of halogens is 1. The number of hydrogen-bond donors (Lipinski definition) is 2. The van der Waals surface area contributed by atoms with E-state index in [0.717, 1.165) is 28.7 Å². The molecule has 0 spiro atoms. The van der Waals surface area contributed by atoms with E-state index in [2.05, 4.69) is 15.3 Å². The number of carbonyl (C=O) groups excluding carboxylic acids is 1. The van der Waals surface area contributed by atoms with Gasteiger partial charge in [-0.15, -0.1) is 11.3 Å². The van der Waals surface area contributed by atoms with E-state index in [4.69, 9.17) is 0 Å². The van der Waals surface area contributed by atoms with Crippen molar-refractivity contribution in [3.8, 4) is 10.6 Å². The third-order valence-corrected chi connectivity index (χ3v) is 4.86. The number of carboxylic acid groups (broad SMARTS) is 1. The number of benzene rings is 1. The summed E-state index contributed by atoms with van der Waals surface area (Å²) in [5.74, 6) is -2.06. The zero-order valence-corrected chi connectivity index (χ0v) is 15.2. The van der Waals surface area contributed by atoms with E-state index in [1.165, 1.54) is 17.6 Å². The zero-order chi connectivity index (χ0) is 19.4. The quantitative estimate of drug-likeness (QED) is 0.676. The second-order valence-corrected chi connectivity index (χ2v) is 6.73. The van der Waals surface area contributed by atoms with Crippen LogP contribution in [0.15, 0.2) is 48.1 Å². The molecule has 3 aromatic rings. The second-order valence-electron chi connectivity index (χ2n) is 5.87. The third-order valence-electron chi connectivity index (χ3n) is 3.99. The molecule has 27 heavy (non-hydrogen) atoms. The monoisotopic (exact) mass is 385 g/mol. The normalized spacial score (nSPS) is 11.8. The molecule has 1 amide bonds. The molecular formula is C19H16FN3O3S. The van der Waals surface area contributed by atoms with Crippen molar-refractivity contribution in [3.63, 3.8) is 0 Å². The number of amides is 1. The summed E-state index contributed by atoms with van der Waals surface area (Å²) in [7, 11) is 0. The Kier molecular flexibility index (Phi) is 5.56. The van der Waals surface area contributed by atoms with Gasteiger partial charge in [-0.3, -0.25) is 14.6 Å². The Morgan fingerprint density at radius 2 is 2.07 bits per heavy atom. The van der Waals surface area contributed by atoms with E-state index in [1.54, 1.807) is 12.1 Å². The Morgan fingerprint density at radius 1 is 1.30 bits per heavy atom.